The van der Waals surface area contributed by atoms with E-state index in [4.69, 9.17) is 5.73 Å². The first kappa shape index (κ1) is 12.1. The van der Waals surface area contributed by atoms with Gasteiger partial charge in [0.1, 0.15) is 0 Å². The molecule has 0 spiro atoms. The predicted octanol–water partition coefficient (Wildman–Crippen LogP) is 3.38. The first-order chi connectivity index (χ1) is 6.77. The van der Waals surface area contributed by atoms with E-state index in [0.29, 0.717) is 6.42 Å². The van der Waals surface area contributed by atoms with Crippen LogP contribution in [0.2, 0.25) is 0 Å². The molecular weight excluding hydrogens is 196 g/mol. The third-order valence-electron chi connectivity index (χ3n) is 2.76. The molecule has 0 aliphatic heterocycles. The number of alkyl halides is 2. The molecular formula is C12H17F2N. The van der Waals surface area contributed by atoms with E-state index in [2.05, 4.69) is 0 Å². The minimum absolute atomic E-state index is 0.0186. The van der Waals surface area contributed by atoms with E-state index in [1.54, 1.807) is 12.1 Å². The van der Waals surface area contributed by atoms with E-state index >= 15 is 0 Å². The highest BCUT2D eigenvalue weighted by molar-refractivity contribution is 5.30. The maximum absolute atomic E-state index is 13.1. The molecule has 1 aromatic carbocycles. The summed E-state index contributed by atoms with van der Waals surface area (Å²) < 4.78 is 26.2. The predicted molar refractivity (Wildman–Crippen MR) is 57.8 cm³/mol. The summed E-state index contributed by atoms with van der Waals surface area (Å²) in [5.74, 6) is -2.81. The molecule has 2 N–H and O–H groups in total. The molecule has 1 aromatic rings. The molecule has 1 atom stereocenters. The first-order valence-corrected chi connectivity index (χ1v) is 5.05. The van der Waals surface area contributed by atoms with Crippen LogP contribution < -0.4 is 5.73 Å². The van der Waals surface area contributed by atoms with Gasteiger partial charge in [-0.15, -0.1) is 0 Å². The third-order valence-corrected chi connectivity index (χ3v) is 2.76. The molecule has 0 saturated carbocycles. The normalized spacial score (nSPS) is 16.1. The average molecular weight is 213 g/mol. The highest BCUT2D eigenvalue weighted by Crippen LogP contribution is 2.30. The Bertz CT molecular complexity index is 340. The summed E-state index contributed by atoms with van der Waals surface area (Å²) in [7, 11) is 0. The fraction of sp³-hybridized carbons (Fsp3) is 0.500. The summed E-state index contributed by atoms with van der Waals surface area (Å²) in [4.78, 5) is 0. The van der Waals surface area contributed by atoms with Gasteiger partial charge in [0.25, 0.3) is 5.92 Å². The van der Waals surface area contributed by atoms with Crippen molar-refractivity contribution in [1.29, 1.82) is 0 Å². The zero-order valence-electron chi connectivity index (χ0n) is 9.35. The second-order valence-corrected chi connectivity index (χ2v) is 4.24. The summed E-state index contributed by atoms with van der Waals surface area (Å²) >= 11 is 0. The van der Waals surface area contributed by atoms with Gasteiger partial charge in [-0.25, -0.2) is 8.78 Å². The zero-order chi connectivity index (χ0) is 11.7. The largest absolute Gasteiger partial charge is 0.322 e. The van der Waals surface area contributed by atoms with Crippen LogP contribution in [0.15, 0.2) is 24.3 Å². The molecule has 0 saturated heterocycles. The first-order valence-electron chi connectivity index (χ1n) is 5.05. The maximum atomic E-state index is 13.1. The highest BCUT2D eigenvalue weighted by atomic mass is 19.3. The van der Waals surface area contributed by atoms with E-state index in [-0.39, 0.29) is 5.56 Å². The topological polar surface area (TPSA) is 26.0 Å². The number of halogens is 2. The Morgan fingerprint density at radius 3 is 2.20 bits per heavy atom. The molecule has 0 fully saturated rings. The van der Waals surface area contributed by atoms with Gasteiger partial charge in [-0.3, -0.25) is 0 Å². The quantitative estimate of drug-likeness (QED) is 0.818. The van der Waals surface area contributed by atoms with E-state index in [1.807, 2.05) is 13.8 Å². The van der Waals surface area contributed by atoms with Crippen LogP contribution >= 0.6 is 0 Å². The smallest absolute Gasteiger partial charge is 0.270 e. The number of rotatable bonds is 3. The fourth-order valence-corrected chi connectivity index (χ4v) is 1.35. The molecule has 0 bridgehead atoms. The lowest BCUT2D eigenvalue weighted by Gasteiger charge is -2.24. The molecule has 0 radical (unpaired) electrons. The Hall–Kier alpha value is -0.960. The Labute approximate surface area is 89.3 Å². The van der Waals surface area contributed by atoms with Crippen molar-refractivity contribution in [2.45, 2.75) is 38.7 Å². The molecule has 84 valence electrons. The number of hydrogen-bond acceptors (Lipinski definition) is 1. The van der Waals surface area contributed by atoms with Crippen LogP contribution in [0.3, 0.4) is 0 Å². The van der Waals surface area contributed by atoms with Crippen LogP contribution in [0.1, 0.15) is 38.3 Å². The van der Waals surface area contributed by atoms with E-state index < -0.39 is 11.5 Å². The monoisotopic (exact) mass is 213 g/mol. The minimum Gasteiger partial charge on any atom is -0.322 e. The number of benzene rings is 1. The average Bonchev–Trinajstić information content (AvgIpc) is 2.17. The maximum Gasteiger partial charge on any atom is 0.270 e. The second-order valence-electron chi connectivity index (χ2n) is 4.24. The molecule has 3 heteroatoms. The van der Waals surface area contributed by atoms with Gasteiger partial charge in [0.05, 0.1) is 0 Å². The Morgan fingerprint density at radius 2 is 1.73 bits per heavy atom. The summed E-state index contributed by atoms with van der Waals surface area (Å²) in [5, 5.41) is 0. The Balaban J connectivity index is 3.14. The molecule has 0 heterocycles. The Morgan fingerprint density at radius 1 is 1.20 bits per heavy atom. The van der Waals surface area contributed by atoms with Crippen LogP contribution in [0.5, 0.6) is 0 Å². The fourth-order valence-electron chi connectivity index (χ4n) is 1.35. The summed E-state index contributed by atoms with van der Waals surface area (Å²) in [6.07, 6.45) is 0.714. The molecule has 15 heavy (non-hydrogen) atoms. The van der Waals surface area contributed by atoms with Gasteiger partial charge in [0, 0.05) is 18.0 Å². The van der Waals surface area contributed by atoms with Crippen molar-refractivity contribution in [1.82, 2.24) is 0 Å². The lowest BCUT2D eigenvalue weighted by Crippen LogP contribution is -2.32. The van der Waals surface area contributed by atoms with Gasteiger partial charge >= 0.3 is 0 Å². The van der Waals surface area contributed by atoms with Crippen LogP contribution in [-0.2, 0) is 11.5 Å². The van der Waals surface area contributed by atoms with Crippen molar-refractivity contribution in [3.63, 3.8) is 0 Å². The minimum atomic E-state index is -2.81. The van der Waals surface area contributed by atoms with E-state index in [9.17, 15) is 8.78 Å². The summed E-state index contributed by atoms with van der Waals surface area (Å²) in [6.45, 7) is 4.68. The molecule has 1 rings (SSSR count). The Kier molecular flexibility index (Phi) is 3.14. The molecule has 0 amide bonds. The third kappa shape index (κ3) is 2.75. The van der Waals surface area contributed by atoms with Crippen molar-refractivity contribution in [3.8, 4) is 0 Å². The molecule has 0 aromatic heterocycles. The van der Waals surface area contributed by atoms with Gasteiger partial charge in [0.2, 0.25) is 0 Å². The van der Waals surface area contributed by atoms with Gasteiger partial charge in [-0.1, -0.05) is 25.1 Å². The van der Waals surface area contributed by atoms with Crippen LogP contribution in [0.4, 0.5) is 8.78 Å². The van der Waals surface area contributed by atoms with Gasteiger partial charge in [0.15, 0.2) is 0 Å². The SMILES string of the molecule is CCC(C)(N)c1cccc(C(C)(F)F)c1. The van der Waals surface area contributed by atoms with Crippen molar-refractivity contribution >= 4 is 0 Å². The van der Waals surface area contributed by atoms with E-state index in [0.717, 1.165) is 12.5 Å². The van der Waals surface area contributed by atoms with Gasteiger partial charge in [-0.05, 0) is 25.0 Å². The second kappa shape index (κ2) is 3.89. The van der Waals surface area contributed by atoms with E-state index in [1.165, 1.54) is 12.1 Å². The van der Waals surface area contributed by atoms with Gasteiger partial charge < -0.3 is 5.73 Å². The number of hydrogen-bond donors (Lipinski definition) is 1. The number of nitrogens with two attached hydrogens (primary N) is 1. The lowest BCUT2D eigenvalue weighted by molar-refractivity contribution is 0.0173. The summed E-state index contributed by atoms with van der Waals surface area (Å²) in [6, 6.07) is 6.33. The standard InChI is InChI=1S/C12H17F2N/c1-4-11(2,15)9-6-5-7-10(8-9)12(3,13)14/h5-8H,4,15H2,1-3H3. The highest BCUT2D eigenvalue weighted by Gasteiger charge is 2.26. The lowest BCUT2D eigenvalue weighted by atomic mass is 9.89. The molecule has 1 nitrogen and oxygen atoms in total. The van der Waals surface area contributed by atoms with Crippen molar-refractivity contribution in [3.05, 3.63) is 35.4 Å². The van der Waals surface area contributed by atoms with Crippen molar-refractivity contribution in [2.75, 3.05) is 0 Å². The molecule has 0 aliphatic rings. The van der Waals surface area contributed by atoms with Gasteiger partial charge in [-0.2, -0.15) is 0 Å². The van der Waals surface area contributed by atoms with Crippen LogP contribution in [-0.4, -0.2) is 0 Å². The summed E-state index contributed by atoms with van der Waals surface area (Å²) in [5.41, 5.74) is 6.24. The van der Waals surface area contributed by atoms with Crippen molar-refractivity contribution < 1.29 is 8.78 Å². The zero-order valence-corrected chi connectivity index (χ0v) is 9.35. The van der Waals surface area contributed by atoms with Crippen molar-refractivity contribution in [2.24, 2.45) is 5.73 Å². The molecule has 0 aliphatic carbocycles. The van der Waals surface area contributed by atoms with Crippen LogP contribution in [0, 0.1) is 0 Å². The van der Waals surface area contributed by atoms with Crippen LogP contribution in [0.25, 0.3) is 0 Å². The molecule has 1 unspecified atom stereocenters.